The molecule has 1 saturated heterocycles. The second-order valence-corrected chi connectivity index (χ2v) is 6.07. The van der Waals surface area contributed by atoms with Gasteiger partial charge >= 0.3 is 5.97 Å². The molecule has 25 heavy (non-hydrogen) atoms. The molecular weight excluding hydrogens is 329 g/mol. The Morgan fingerprint density at radius 3 is 2.40 bits per heavy atom. The van der Waals surface area contributed by atoms with Gasteiger partial charge in [-0.25, -0.2) is 4.39 Å². The highest BCUT2D eigenvalue weighted by molar-refractivity contribution is 5.93. The van der Waals surface area contributed by atoms with Gasteiger partial charge in [-0.15, -0.1) is 0 Å². The molecule has 1 aromatic rings. The number of anilines is 1. The topological polar surface area (TPSA) is 90.0 Å². The molecule has 0 bridgehead atoms. The number of halogens is 1. The van der Waals surface area contributed by atoms with Gasteiger partial charge in [0.2, 0.25) is 11.8 Å². The summed E-state index contributed by atoms with van der Waals surface area (Å²) in [7, 11) is 0. The number of nitrogens with zero attached hydrogens (tertiary/aromatic N) is 2. The van der Waals surface area contributed by atoms with E-state index in [1.54, 1.807) is 11.0 Å². The fraction of sp³-hybridized carbons (Fsp3) is 0.471. The predicted molar refractivity (Wildman–Crippen MR) is 89.5 cm³/mol. The average molecular weight is 351 g/mol. The van der Waals surface area contributed by atoms with Crippen LogP contribution in [0, 0.1) is 11.7 Å². The summed E-state index contributed by atoms with van der Waals surface area (Å²) in [5.41, 5.74) is 0.0340. The summed E-state index contributed by atoms with van der Waals surface area (Å²) in [6, 6.07) is 5.73. The van der Waals surface area contributed by atoms with Crippen molar-refractivity contribution in [3.8, 4) is 0 Å². The Balaban J connectivity index is 1.88. The summed E-state index contributed by atoms with van der Waals surface area (Å²) in [6.45, 7) is 3.94. The normalized spacial score (nSPS) is 16.3. The molecule has 2 rings (SSSR count). The Bertz CT molecular complexity index is 645. The summed E-state index contributed by atoms with van der Waals surface area (Å²) in [5.74, 6) is -3.07. The molecule has 136 valence electrons. The van der Waals surface area contributed by atoms with Gasteiger partial charge in [-0.3, -0.25) is 19.3 Å². The van der Waals surface area contributed by atoms with Gasteiger partial charge in [0, 0.05) is 46.1 Å². The zero-order chi connectivity index (χ0) is 18.4. The predicted octanol–water partition coefficient (Wildman–Crippen LogP) is 1.02. The highest BCUT2D eigenvalue weighted by atomic mass is 19.1. The molecule has 0 saturated carbocycles. The molecule has 7 nitrogen and oxygen atoms in total. The van der Waals surface area contributed by atoms with E-state index in [1.807, 2.05) is 4.90 Å². The zero-order valence-corrected chi connectivity index (χ0v) is 14.1. The Morgan fingerprint density at radius 1 is 1.20 bits per heavy atom. The van der Waals surface area contributed by atoms with Crippen molar-refractivity contribution >= 4 is 23.5 Å². The van der Waals surface area contributed by atoms with E-state index in [-0.39, 0.29) is 24.6 Å². The molecule has 2 amide bonds. The van der Waals surface area contributed by atoms with Crippen molar-refractivity contribution in [1.82, 2.24) is 9.80 Å². The maximum Gasteiger partial charge on any atom is 0.308 e. The van der Waals surface area contributed by atoms with Gasteiger partial charge in [-0.2, -0.15) is 0 Å². The Labute approximate surface area is 145 Å². The number of nitrogens with one attached hydrogen (secondary N) is 1. The first kappa shape index (κ1) is 18.9. The third-order valence-corrected chi connectivity index (χ3v) is 4.23. The molecule has 2 N–H and O–H groups in total. The fourth-order valence-electron chi connectivity index (χ4n) is 2.77. The average Bonchev–Trinajstić information content (AvgIpc) is 2.56. The number of para-hydroxylation sites is 1. The Hall–Kier alpha value is -2.48. The summed E-state index contributed by atoms with van der Waals surface area (Å²) in [6.07, 6.45) is -0.239. The summed E-state index contributed by atoms with van der Waals surface area (Å²) in [4.78, 5) is 38.4. The third-order valence-electron chi connectivity index (χ3n) is 4.23. The zero-order valence-electron chi connectivity index (χ0n) is 14.1. The standard InChI is InChI=1S/C17H22FN3O4/c1-12(22)21-8-6-20(7-9-21)11-13(17(24)25)10-16(23)19-15-5-3-2-4-14(15)18/h2-5,13H,6-11H2,1H3,(H,19,23)(H,24,25)/t13-/m0/s1. The van der Waals surface area contributed by atoms with E-state index in [4.69, 9.17) is 0 Å². The van der Waals surface area contributed by atoms with Crippen molar-refractivity contribution < 1.29 is 23.9 Å². The van der Waals surface area contributed by atoms with Gasteiger partial charge in [-0.1, -0.05) is 12.1 Å². The number of carbonyl (C=O) groups is 3. The van der Waals surface area contributed by atoms with Gasteiger partial charge < -0.3 is 15.3 Å². The Morgan fingerprint density at radius 2 is 1.84 bits per heavy atom. The minimum atomic E-state index is -1.07. The number of rotatable bonds is 6. The maximum absolute atomic E-state index is 13.5. The first-order valence-electron chi connectivity index (χ1n) is 8.12. The van der Waals surface area contributed by atoms with Crippen LogP contribution in [0.3, 0.4) is 0 Å². The number of hydrogen-bond donors (Lipinski definition) is 2. The number of amides is 2. The van der Waals surface area contributed by atoms with Crippen molar-refractivity contribution in [2.45, 2.75) is 13.3 Å². The molecule has 0 radical (unpaired) electrons. The lowest BCUT2D eigenvalue weighted by molar-refractivity contribution is -0.144. The highest BCUT2D eigenvalue weighted by Gasteiger charge is 2.27. The van der Waals surface area contributed by atoms with E-state index in [0.29, 0.717) is 26.2 Å². The van der Waals surface area contributed by atoms with Gasteiger partial charge in [0.25, 0.3) is 0 Å². The number of aliphatic carboxylic acids is 1. The van der Waals surface area contributed by atoms with E-state index in [0.717, 1.165) is 0 Å². The van der Waals surface area contributed by atoms with Crippen LogP contribution in [-0.2, 0) is 14.4 Å². The fourth-order valence-corrected chi connectivity index (χ4v) is 2.77. The van der Waals surface area contributed by atoms with Gasteiger partial charge in [-0.05, 0) is 12.1 Å². The second kappa shape index (κ2) is 8.57. The minimum absolute atomic E-state index is 0.00120. The van der Waals surface area contributed by atoms with Crippen molar-refractivity contribution in [2.75, 3.05) is 38.0 Å². The lowest BCUT2D eigenvalue weighted by Gasteiger charge is -2.35. The smallest absolute Gasteiger partial charge is 0.308 e. The molecular formula is C17H22FN3O4. The van der Waals surface area contributed by atoms with E-state index >= 15 is 0 Å². The molecule has 0 aromatic heterocycles. The van der Waals surface area contributed by atoms with Crippen LogP contribution in [0.2, 0.25) is 0 Å². The monoisotopic (exact) mass is 351 g/mol. The minimum Gasteiger partial charge on any atom is -0.481 e. The third kappa shape index (κ3) is 5.53. The molecule has 0 aliphatic carbocycles. The lowest BCUT2D eigenvalue weighted by atomic mass is 10.0. The van der Waals surface area contributed by atoms with Crippen molar-refractivity contribution in [2.24, 2.45) is 5.92 Å². The first-order valence-corrected chi connectivity index (χ1v) is 8.12. The number of carbonyl (C=O) groups excluding carboxylic acids is 2. The molecule has 1 atom stereocenters. The first-order chi connectivity index (χ1) is 11.9. The number of carboxylic acids is 1. The molecule has 1 aromatic carbocycles. The van der Waals surface area contributed by atoms with Crippen molar-refractivity contribution in [3.05, 3.63) is 30.1 Å². The quantitative estimate of drug-likeness (QED) is 0.799. The molecule has 1 heterocycles. The highest BCUT2D eigenvalue weighted by Crippen LogP contribution is 2.15. The molecule has 1 fully saturated rings. The number of hydrogen-bond acceptors (Lipinski definition) is 4. The summed E-state index contributed by atoms with van der Waals surface area (Å²) >= 11 is 0. The SMILES string of the molecule is CC(=O)N1CCN(C[C@H](CC(=O)Nc2ccccc2F)C(=O)O)CC1. The van der Waals surface area contributed by atoms with Crippen LogP contribution in [0.1, 0.15) is 13.3 Å². The van der Waals surface area contributed by atoms with Crippen LogP contribution in [-0.4, -0.2) is 65.4 Å². The van der Waals surface area contributed by atoms with Gasteiger partial charge in [0.15, 0.2) is 0 Å². The molecule has 8 heteroatoms. The van der Waals surface area contributed by atoms with Gasteiger partial charge in [0.1, 0.15) is 5.82 Å². The number of benzene rings is 1. The summed E-state index contributed by atoms with van der Waals surface area (Å²) < 4.78 is 13.5. The lowest BCUT2D eigenvalue weighted by Crippen LogP contribution is -2.50. The number of piperazine rings is 1. The van der Waals surface area contributed by atoms with Crippen LogP contribution in [0.5, 0.6) is 0 Å². The van der Waals surface area contributed by atoms with E-state index < -0.39 is 23.6 Å². The van der Waals surface area contributed by atoms with Crippen molar-refractivity contribution in [1.29, 1.82) is 0 Å². The van der Waals surface area contributed by atoms with E-state index in [9.17, 15) is 23.9 Å². The van der Waals surface area contributed by atoms with Crippen LogP contribution < -0.4 is 5.32 Å². The molecule has 0 spiro atoms. The van der Waals surface area contributed by atoms with Crippen LogP contribution >= 0.6 is 0 Å². The second-order valence-electron chi connectivity index (χ2n) is 6.07. The number of carboxylic acid groups (broad SMARTS) is 1. The van der Waals surface area contributed by atoms with E-state index in [1.165, 1.54) is 25.1 Å². The van der Waals surface area contributed by atoms with Crippen LogP contribution in [0.15, 0.2) is 24.3 Å². The molecule has 1 aliphatic rings. The Kier molecular flexibility index (Phi) is 6.46. The van der Waals surface area contributed by atoms with Crippen LogP contribution in [0.25, 0.3) is 0 Å². The van der Waals surface area contributed by atoms with Crippen molar-refractivity contribution in [3.63, 3.8) is 0 Å². The van der Waals surface area contributed by atoms with Crippen LogP contribution in [0.4, 0.5) is 10.1 Å². The summed E-state index contributed by atoms with van der Waals surface area (Å²) in [5, 5.41) is 11.8. The van der Waals surface area contributed by atoms with Gasteiger partial charge in [0.05, 0.1) is 11.6 Å². The maximum atomic E-state index is 13.5. The largest absolute Gasteiger partial charge is 0.481 e. The molecule has 1 aliphatic heterocycles. The van der Waals surface area contributed by atoms with E-state index in [2.05, 4.69) is 5.32 Å². The molecule has 0 unspecified atom stereocenters.